The smallest absolute Gasteiger partial charge is 0.343 e. The fraction of sp³-hybridized carbons (Fsp3) is 0.100. The number of benzene rings is 2. The molecular formula is C20H18O6S2. The van der Waals surface area contributed by atoms with Crippen LogP contribution in [0.1, 0.15) is 25.0 Å². The van der Waals surface area contributed by atoms with Gasteiger partial charge in [-0.15, -0.1) is 0 Å². The highest BCUT2D eigenvalue weighted by Crippen LogP contribution is 2.43. The Morgan fingerprint density at radius 2 is 1.07 bits per heavy atom. The third-order valence-corrected chi connectivity index (χ3v) is 6.46. The lowest BCUT2D eigenvalue weighted by Crippen LogP contribution is -2.02. The van der Waals surface area contributed by atoms with Gasteiger partial charge in [0, 0.05) is 0 Å². The number of hydrogen-bond donors (Lipinski definition) is 4. The highest BCUT2D eigenvalue weighted by molar-refractivity contribution is 8.80. The Morgan fingerprint density at radius 1 is 0.714 bits per heavy atom. The van der Waals surface area contributed by atoms with Gasteiger partial charge in [-0.25, -0.2) is 9.59 Å². The van der Waals surface area contributed by atoms with E-state index in [9.17, 15) is 30.0 Å². The maximum atomic E-state index is 11.7. The number of carbonyl (C=O) groups is 2. The molecule has 0 saturated heterocycles. The number of hydrogen-bond acceptors (Lipinski definition) is 6. The van der Waals surface area contributed by atoms with Crippen LogP contribution < -0.4 is 0 Å². The van der Waals surface area contributed by atoms with Crippen molar-refractivity contribution in [1.29, 1.82) is 0 Å². The van der Waals surface area contributed by atoms with Gasteiger partial charge in [-0.05, 0) is 82.0 Å². The molecule has 6 nitrogen and oxygen atoms in total. The van der Waals surface area contributed by atoms with E-state index in [-0.39, 0.29) is 21.3 Å². The summed E-state index contributed by atoms with van der Waals surface area (Å²) < 4.78 is 0. The highest BCUT2D eigenvalue weighted by atomic mass is 33.1. The minimum Gasteiger partial charge on any atom is -0.508 e. The minimum atomic E-state index is -1.20. The Labute approximate surface area is 169 Å². The molecule has 2 aromatic carbocycles. The van der Waals surface area contributed by atoms with Crippen LogP contribution in [0.25, 0.3) is 11.1 Å². The molecule has 0 amide bonds. The third-order valence-electron chi connectivity index (χ3n) is 3.84. The van der Waals surface area contributed by atoms with Gasteiger partial charge in [-0.1, -0.05) is 24.3 Å². The molecule has 0 bridgehead atoms. The Kier molecular flexibility index (Phi) is 7.19. The number of aliphatic carboxylic acids is 2. The van der Waals surface area contributed by atoms with Crippen molar-refractivity contribution in [3.05, 3.63) is 69.5 Å². The molecule has 0 fully saturated rings. The van der Waals surface area contributed by atoms with Crippen LogP contribution in [0.15, 0.2) is 58.3 Å². The predicted octanol–water partition coefficient (Wildman–Crippen LogP) is 4.81. The minimum absolute atomic E-state index is 0.00472. The fourth-order valence-electron chi connectivity index (χ4n) is 2.34. The summed E-state index contributed by atoms with van der Waals surface area (Å²) in [5, 5.41) is 38.3. The van der Waals surface area contributed by atoms with Crippen molar-refractivity contribution < 1.29 is 30.0 Å². The second-order valence-electron chi connectivity index (χ2n) is 5.79. The van der Waals surface area contributed by atoms with Gasteiger partial charge in [-0.2, -0.15) is 0 Å². The van der Waals surface area contributed by atoms with Gasteiger partial charge in [0.2, 0.25) is 0 Å². The monoisotopic (exact) mass is 418 g/mol. The lowest BCUT2D eigenvalue weighted by atomic mass is 10.1. The Morgan fingerprint density at radius 3 is 1.36 bits per heavy atom. The predicted molar refractivity (Wildman–Crippen MR) is 112 cm³/mol. The lowest BCUT2D eigenvalue weighted by Gasteiger charge is -2.11. The molecule has 0 aliphatic rings. The number of rotatable bonds is 7. The topological polar surface area (TPSA) is 115 Å². The van der Waals surface area contributed by atoms with Gasteiger partial charge >= 0.3 is 11.9 Å². The van der Waals surface area contributed by atoms with E-state index in [1.54, 1.807) is 38.1 Å². The van der Waals surface area contributed by atoms with E-state index >= 15 is 0 Å². The molecule has 0 spiro atoms. The number of phenolic OH excluding ortho intramolecular Hbond substituents is 2. The molecule has 0 heterocycles. The molecule has 0 radical (unpaired) electrons. The van der Waals surface area contributed by atoms with Gasteiger partial charge in [-0.3, -0.25) is 0 Å². The summed E-state index contributed by atoms with van der Waals surface area (Å²) in [4.78, 5) is 23.3. The maximum absolute atomic E-state index is 11.7. The van der Waals surface area contributed by atoms with Crippen LogP contribution in [0.2, 0.25) is 0 Å². The van der Waals surface area contributed by atoms with Crippen molar-refractivity contribution in [3.63, 3.8) is 0 Å². The summed E-state index contributed by atoms with van der Waals surface area (Å²) in [5.41, 5.74) is 1.86. The first kappa shape index (κ1) is 21.5. The van der Waals surface area contributed by atoms with Gasteiger partial charge in [0.1, 0.15) is 21.3 Å². The maximum Gasteiger partial charge on any atom is 0.343 e. The first-order chi connectivity index (χ1) is 13.2. The van der Waals surface area contributed by atoms with Gasteiger partial charge in [0.25, 0.3) is 0 Å². The standard InChI is InChI=1S/C20H18O6S2/c1-11(13-5-3-7-15(21)9-13)17(19(23)24)27-28-18(20(25)26)12(2)14-6-4-8-16(22)10-14/h3-10,21-22H,1-2H3,(H,23,24)(H,25,26)/b17-11-,18-12-. The van der Waals surface area contributed by atoms with Crippen molar-refractivity contribution >= 4 is 44.7 Å². The molecule has 0 aromatic heterocycles. The first-order valence-corrected chi connectivity index (χ1v) is 10.2. The SMILES string of the molecule is C/C(=C(/SS/C(C(=O)O)=C(/C)c1cccc(O)c1)C(=O)O)c1cccc(O)c1. The van der Waals surface area contributed by atoms with Crippen LogP contribution >= 0.6 is 21.6 Å². The molecule has 0 aliphatic heterocycles. The second-order valence-corrected chi connectivity index (χ2v) is 7.94. The van der Waals surface area contributed by atoms with Gasteiger partial charge in [0.05, 0.1) is 0 Å². The molecule has 2 rings (SSSR count). The second kappa shape index (κ2) is 9.38. The van der Waals surface area contributed by atoms with Crippen LogP contribution in [0.4, 0.5) is 0 Å². The van der Waals surface area contributed by atoms with Crippen LogP contribution in [0, 0.1) is 0 Å². The van der Waals surface area contributed by atoms with E-state index in [1.807, 2.05) is 0 Å². The molecule has 0 unspecified atom stereocenters. The van der Waals surface area contributed by atoms with Crippen molar-refractivity contribution in [2.75, 3.05) is 0 Å². The third kappa shape index (κ3) is 5.34. The quantitative estimate of drug-likeness (QED) is 0.374. The highest BCUT2D eigenvalue weighted by Gasteiger charge is 2.20. The fourth-order valence-corrected chi connectivity index (χ4v) is 4.81. The largest absolute Gasteiger partial charge is 0.508 e. The zero-order chi connectivity index (χ0) is 20.8. The summed E-state index contributed by atoms with van der Waals surface area (Å²) >= 11 is 0. The average Bonchev–Trinajstić information content (AvgIpc) is 2.63. The molecule has 146 valence electrons. The van der Waals surface area contributed by atoms with E-state index in [4.69, 9.17) is 0 Å². The number of phenols is 2. The number of aromatic hydroxyl groups is 2. The summed E-state index contributed by atoms with van der Waals surface area (Å²) in [6.07, 6.45) is 0. The molecule has 0 atom stereocenters. The Balaban J connectivity index is 2.39. The number of allylic oxidation sites excluding steroid dienone is 2. The zero-order valence-electron chi connectivity index (χ0n) is 15.0. The zero-order valence-corrected chi connectivity index (χ0v) is 16.7. The summed E-state index contributed by atoms with van der Waals surface area (Å²) in [5.74, 6) is -2.38. The number of carboxylic acid groups (broad SMARTS) is 2. The van der Waals surface area contributed by atoms with Crippen LogP contribution in [-0.4, -0.2) is 32.4 Å². The average molecular weight is 418 g/mol. The molecule has 2 aromatic rings. The van der Waals surface area contributed by atoms with Crippen molar-refractivity contribution in [2.24, 2.45) is 0 Å². The summed E-state index contributed by atoms with van der Waals surface area (Å²) in [7, 11) is 1.63. The normalized spacial score (nSPS) is 12.8. The van der Waals surface area contributed by atoms with Crippen molar-refractivity contribution in [1.82, 2.24) is 0 Å². The summed E-state index contributed by atoms with van der Waals surface area (Å²) in [6, 6.07) is 12.3. The molecule has 0 saturated carbocycles. The number of carboxylic acids is 2. The van der Waals surface area contributed by atoms with Gasteiger partial charge in [0.15, 0.2) is 0 Å². The Hall–Kier alpha value is -2.84. The van der Waals surface area contributed by atoms with Gasteiger partial charge < -0.3 is 20.4 Å². The molecule has 4 N–H and O–H groups in total. The van der Waals surface area contributed by atoms with Crippen LogP contribution in [0.5, 0.6) is 11.5 Å². The first-order valence-electron chi connectivity index (χ1n) is 8.02. The van der Waals surface area contributed by atoms with E-state index in [0.29, 0.717) is 22.3 Å². The van der Waals surface area contributed by atoms with Crippen LogP contribution in [-0.2, 0) is 9.59 Å². The van der Waals surface area contributed by atoms with E-state index in [0.717, 1.165) is 21.6 Å². The van der Waals surface area contributed by atoms with Crippen molar-refractivity contribution in [3.8, 4) is 11.5 Å². The molecule has 28 heavy (non-hydrogen) atoms. The van der Waals surface area contributed by atoms with E-state index < -0.39 is 11.9 Å². The summed E-state index contributed by atoms with van der Waals surface area (Å²) in [6.45, 7) is 3.19. The van der Waals surface area contributed by atoms with E-state index in [2.05, 4.69) is 0 Å². The van der Waals surface area contributed by atoms with Crippen LogP contribution in [0.3, 0.4) is 0 Å². The molecule has 8 heteroatoms. The van der Waals surface area contributed by atoms with Crippen molar-refractivity contribution in [2.45, 2.75) is 13.8 Å². The molecule has 0 aliphatic carbocycles. The molecular weight excluding hydrogens is 400 g/mol. The van der Waals surface area contributed by atoms with E-state index in [1.165, 1.54) is 24.3 Å². The lowest BCUT2D eigenvalue weighted by molar-refractivity contribution is -0.132. The Bertz CT molecular complexity index is 899.